The fraction of sp³-hybridized carbons (Fsp3) is 0.625. The zero-order chi connectivity index (χ0) is 40.1. The van der Waals surface area contributed by atoms with Crippen LogP contribution in [-0.2, 0) is 39.9 Å². The van der Waals surface area contributed by atoms with E-state index >= 15 is 0 Å². The zero-order valence-corrected chi connectivity index (χ0v) is 33.2. The number of hydrogen-bond acceptors (Lipinski definition) is 11. The minimum absolute atomic E-state index is 0.0273. The number of carbonyl (C=O) groups is 3. The van der Waals surface area contributed by atoms with E-state index in [2.05, 4.69) is 18.7 Å². The fourth-order valence-electron chi connectivity index (χ4n) is 7.00. The number of carbonyl (C=O) groups excluding carboxylic acids is 2. The molecule has 0 radical (unpaired) electrons. The maximum Gasteiger partial charge on any atom is 0.309 e. The number of methoxy groups -OCH3 is 1. The van der Waals surface area contributed by atoms with Crippen LogP contribution in [0.25, 0.3) is 0 Å². The predicted octanol–water partition coefficient (Wildman–Crippen LogP) is 5.25. The molecule has 3 rings (SSSR count). The number of halogens is 1. The van der Waals surface area contributed by atoms with Crippen molar-refractivity contribution in [1.82, 2.24) is 4.90 Å². The number of hydrogen-bond donors (Lipinski definition) is 4. The van der Waals surface area contributed by atoms with Gasteiger partial charge in [0.25, 0.3) is 6.47 Å². The van der Waals surface area contributed by atoms with Crippen molar-refractivity contribution >= 4 is 30.0 Å². The molecule has 1 fully saturated rings. The van der Waals surface area contributed by atoms with Gasteiger partial charge in [-0.3, -0.25) is 19.3 Å². The van der Waals surface area contributed by atoms with E-state index in [9.17, 15) is 24.9 Å². The average molecular weight is 766 g/mol. The van der Waals surface area contributed by atoms with Crippen LogP contribution in [0.5, 0.6) is 0 Å². The fourth-order valence-corrected chi connectivity index (χ4v) is 7.13. The number of likely N-dealkylation sites (N-methyl/N-ethyl adjacent to an activating group) is 1. The number of esters is 2. The topological polar surface area (TPSA) is 176 Å². The van der Waals surface area contributed by atoms with Crippen molar-refractivity contribution in [2.45, 2.75) is 135 Å². The molecule has 0 saturated carbocycles. The van der Waals surface area contributed by atoms with Gasteiger partial charge in [-0.2, -0.15) is 0 Å². The first kappa shape index (κ1) is 46.1. The molecular formula is C40H60ClNO11. The third kappa shape index (κ3) is 14.2. The quantitative estimate of drug-likeness (QED) is 0.0676. The van der Waals surface area contributed by atoms with E-state index in [0.717, 1.165) is 12.0 Å². The zero-order valence-electron chi connectivity index (χ0n) is 32.5. The summed E-state index contributed by atoms with van der Waals surface area (Å²) in [6.45, 7) is 12.8. The lowest BCUT2D eigenvalue weighted by Crippen LogP contribution is -2.52. The van der Waals surface area contributed by atoms with Gasteiger partial charge in [0, 0.05) is 37.4 Å². The lowest BCUT2D eigenvalue weighted by atomic mass is 9.86. The van der Waals surface area contributed by atoms with Gasteiger partial charge in [0.2, 0.25) is 0 Å². The smallest absolute Gasteiger partial charge is 0.309 e. The largest absolute Gasteiger partial charge is 0.483 e. The highest BCUT2D eigenvalue weighted by Gasteiger charge is 2.55. The molecule has 1 saturated heterocycles. The second kappa shape index (κ2) is 21.1. The number of epoxide rings is 1. The van der Waals surface area contributed by atoms with Gasteiger partial charge in [0.15, 0.2) is 0 Å². The highest BCUT2D eigenvalue weighted by molar-refractivity contribution is 6.30. The van der Waals surface area contributed by atoms with Crippen LogP contribution in [0.1, 0.15) is 79.7 Å². The Labute approximate surface area is 319 Å². The Kier molecular flexibility index (Phi) is 18.3. The molecule has 298 valence electrons. The maximum atomic E-state index is 12.9. The van der Waals surface area contributed by atoms with E-state index in [1.54, 1.807) is 51.3 Å². The van der Waals surface area contributed by atoms with Gasteiger partial charge in [-0.15, -0.1) is 0 Å². The summed E-state index contributed by atoms with van der Waals surface area (Å²) in [6, 6.07) is 7.21. The van der Waals surface area contributed by atoms with Crippen molar-refractivity contribution in [2.75, 3.05) is 14.2 Å². The number of aliphatic hydroxyl groups excluding tert-OH is 1. The number of benzene rings is 1. The van der Waals surface area contributed by atoms with Crippen LogP contribution in [0.4, 0.5) is 0 Å². The Morgan fingerprint density at radius 2 is 1.83 bits per heavy atom. The van der Waals surface area contributed by atoms with Gasteiger partial charge in [-0.05, 0) is 76.4 Å². The number of cyclic esters (lactones) is 1. The molecule has 0 bridgehead atoms. The van der Waals surface area contributed by atoms with Gasteiger partial charge < -0.3 is 39.4 Å². The van der Waals surface area contributed by atoms with E-state index in [4.69, 9.17) is 40.4 Å². The molecule has 1 aromatic rings. The van der Waals surface area contributed by atoms with Crippen LogP contribution in [0, 0.1) is 11.8 Å². The summed E-state index contributed by atoms with van der Waals surface area (Å²) in [6.07, 6.45) is 6.41. The standard InChI is InChI=1S/C39H58ClNO9.CH2O2/c1-10-31(47-9)26(4)35-36(50-35)37(41(8)23-28-14-16-29(40)17-15-28)39(7,46)20-11-12-24(2)34-25(3)13-18-32(48-27(5)42)38(6,45)21-19-30(43)22-33(44)49-34;2-1-3/h11-18,20,25-26,30-32,34-37,43,45-46H,10,19,21-23H2,1-9H3;1H,(H,2,3)/b18-13+,20-11+,24-12+;/t25-,26+,30+,31-,32-,34?,35+,36-,37?,38+,39?;/m0./s1. The summed E-state index contributed by atoms with van der Waals surface area (Å²) < 4.78 is 23.3. The highest BCUT2D eigenvalue weighted by Crippen LogP contribution is 2.41. The second-order valence-electron chi connectivity index (χ2n) is 14.6. The van der Waals surface area contributed by atoms with Gasteiger partial charge in [0.1, 0.15) is 23.9 Å². The molecule has 13 heteroatoms. The van der Waals surface area contributed by atoms with Crippen LogP contribution < -0.4 is 0 Å². The molecule has 0 spiro atoms. The highest BCUT2D eigenvalue weighted by atomic mass is 35.5. The van der Waals surface area contributed by atoms with E-state index in [1.807, 2.05) is 45.2 Å². The van der Waals surface area contributed by atoms with Gasteiger partial charge in [-0.1, -0.05) is 68.8 Å². The molecule has 53 heavy (non-hydrogen) atoms. The number of carboxylic acid groups (broad SMARTS) is 1. The van der Waals surface area contributed by atoms with Crippen molar-refractivity contribution in [3.05, 3.63) is 70.8 Å². The first-order chi connectivity index (χ1) is 24.8. The number of aliphatic hydroxyl groups is 3. The molecule has 0 aliphatic carbocycles. The molecule has 4 N–H and O–H groups in total. The van der Waals surface area contributed by atoms with Crippen LogP contribution >= 0.6 is 11.6 Å². The number of nitrogens with zero attached hydrogens (tertiary/aromatic N) is 1. The van der Waals surface area contributed by atoms with E-state index in [-0.39, 0.29) is 55.9 Å². The van der Waals surface area contributed by atoms with E-state index in [0.29, 0.717) is 17.1 Å². The summed E-state index contributed by atoms with van der Waals surface area (Å²) in [7, 11) is 3.67. The lowest BCUT2D eigenvalue weighted by Gasteiger charge is -2.37. The van der Waals surface area contributed by atoms with Gasteiger partial charge >= 0.3 is 11.9 Å². The number of ether oxygens (including phenoxy) is 4. The molecule has 11 atom stereocenters. The summed E-state index contributed by atoms with van der Waals surface area (Å²) in [5.74, 6) is -1.38. The van der Waals surface area contributed by atoms with Crippen LogP contribution in [0.3, 0.4) is 0 Å². The normalized spacial score (nSPS) is 30.3. The molecule has 1 aromatic carbocycles. The Morgan fingerprint density at radius 1 is 1.21 bits per heavy atom. The Bertz CT molecular complexity index is 1410. The summed E-state index contributed by atoms with van der Waals surface area (Å²) >= 11 is 6.13. The molecule has 2 heterocycles. The number of rotatable bonds is 13. The molecule has 12 nitrogen and oxygen atoms in total. The molecule has 3 unspecified atom stereocenters. The van der Waals surface area contributed by atoms with Crippen LogP contribution in [-0.4, -0.2) is 112 Å². The Hall–Kier alpha value is -3.10. The van der Waals surface area contributed by atoms with Crippen molar-refractivity contribution in [1.29, 1.82) is 0 Å². The SMILES string of the molecule is CC[C@H](OC)[C@@H](C)[C@H]1O[C@@H]1C(N(C)Cc1ccc(Cl)cc1)C(C)(O)/C=C/C=C(\C)C1OC(=O)C[C@H](O)CC[C@@](C)(O)[C@@H](OC(C)=O)/C=C/[C@@H]1C.O=CO. The Balaban J connectivity index is 0.00000313. The summed E-state index contributed by atoms with van der Waals surface area (Å²) in [5, 5.41) is 41.2. The summed E-state index contributed by atoms with van der Waals surface area (Å²) in [4.78, 5) is 35.2. The third-order valence-electron chi connectivity index (χ3n) is 9.96. The predicted molar refractivity (Wildman–Crippen MR) is 202 cm³/mol. The van der Waals surface area contributed by atoms with Crippen molar-refractivity contribution in [3.8, 4) is 0 Å². The molecule has 0 amide bonds. The van der Waals surface area contributed by atoms with E-state index < -0.39 is 47.5 Å². The third-order valence-corrected chi connectivity index (χ3v) is 10.2. The monoisotopic (exact) mass is 765 g/mol. The first-order valence-corrected chi connectivity index (χ1v) is 18.4. The minimum atomic E-state index is -1.46. The van der Waals surface area contributed by atoms with Crippen molar-refractivity contribution < 1.29 is 53.8 Å². The summed E-state index contributed by atoms with van der Waals surface area (Å²) in [5.41, 5.74) is -1.06. The minimum Gasteiger partial charge on any atom is -0.483 e. The maximum absolute atomic E-state index is 12.9. The van der Waals surface area contributed by atoms with Gasteiger partial charge in [-0.25, -0.2) is 0 Å². The van der Waals surface area contributed by atoms with Crippen molar-refractivity contribution in [3.63, 3.8) is 0 Å². The first-order valence-electron chi connectivity index (χ1n) is 18.1. The van der Waals surface area contributed by atoms with Gasteiger partial charge in [0.05, 0.1) is 36.4 Å². The molecular weight excluding hydrogens is 706 g/mol. The molecule has 2 aliphatic heterocycles. The second-order valence-corrected chi connectivity index (χ2v) is 15.1. The van der Waals surface area contributed by atoms with Crippen LogP contribution in [0.2, 0.25) is 5.02 Å². The Morgan fingerprint density at radius 3 is 2.40 bits per heavy atom. The van der Waals surface area contributed by atoms with Crippen molar-refractivity contribution in [2.24, 2.45) is 11.8 Å². The lowest BCUT2D eigenvalue weighted by molar-refractivity contribution is -0.157. The molecule has 2 aliphatic rings. The number of allylic oxidation sites excluding steroid dienone is 2. The average Bonchev–Trinajstić information content (AvgIpc) is 3.85. The molecule has 0 aromatic heterocycles. The van der Waals surface area contributed by atoms with E-state index in [1.165, 1.54) is 6.92 Å². The van der Waals surface area contributed by atoms with Crippen LogP contribution in [0.15, 0.2) is 60.2 Å².